The molecule has 0 radical (unpaired) electrons. The number of hydrogen-bond donors (Lipinski definition) is 1. The van der Waals surface area contributed by atoms with E-state index in [2.05, 4.69) is 5.10 Å². The molecule has 1 amide bonds. The Labute approximate surface area is 215 Å². The fourth-order valence-electron chi connectivity index (χ4n) is 3.69. The van der Waals surface area contributed by atoms with Crippen LogP contribution in [0.4, 0.5) is 4.39 Å². The maximum Gasteiger partial charge on any atom is 0.352 e. The topological polar surface area (TPSA) is 139 Å². The second-order valence-electron chi connectivity index (χ2n) is 9.01. The number of halogens is 2. The van der Waals surface area contributed by atoms with Crippen molar-refractivity contribution in [1.82, 2.24) is 19.1 Å². The van der Waals surface area contributed by atoms with Gasteiger partial charge in [-0.1, -0.05) is 11.6 Å². The van der Waals surface area contributed by atoms with E-state index in [0.717, 1.165) is 18.3 Å². The van der Waals surface area contributed by atoms with Crippen LogP contribution >= 0.6 is 11.6 Å². The number of nitrogens with one attached hydrogen (secondary N) is 1. The molecule has 1 aliphatic heterocycles. The molecule has 37 heavy (non-hydrogen) atoms. The van der Waals surface area contributed by atoms with Gasteiger partial charge in [0.05, 0.1) is 9.92 Å². The highest BCUT2D eigenvalue weighted by atomic mass is 35.5. The predicted molar refractivity (Wildman–Crippen MR) is 130 cm³/mol. The van der Waals surface area contributed by atoms with Crippen molar-refractivity contribution in [3.8, 4) is 17.2 Å². The first-order valence-electron chi connectivity index (χ1n) is 10.9. The van der Waals surface area contributed by atoms with Crippen molar-refractivity contribution >= 4 is 27.5 Å². The number of amides is 1. The maximum atomic E-state index is 14.6. The summed E-state index contributed by atoms with van der Waals surface area (Å²) in [6.45, 7) is 5.01. The van der Waals surface area contributed by atoms with Gasteiger partial charge in [-0.15, -0.1) is 0 Å². The van der Waals surface area contributed by atoms with Crippen molar-refractivity contribution in [1.29, 1.82) is 0 Å². The van der Waals surface area contributed by atoms with Crippen molar-refractivity contribution < 1.29 is 27.1 Å². The third kappa shape index (κ3) is 5.23. The van der Waals surface area contributed by atoms with Gasteiger partial charge < -0.3 is 9.47 Å². The number of nitrogens with zero attached hydrogens (tertiary/aromatic N) is 3. The number of carbonyl (C=O) groups excluding carboxylic acids is 1. The number of fused-ring (bicyclic) bond motifs is 1. The van der Waals surface area contributed by atoms with Crippen LogP contribution in [0, 0.1) is 5.82 Å². The van der Waals surface area contributed by atoms with Gasteiger partial charge in [0.15, 0.2) is 11.9 Å². The molecule has 196 valence electrons. The van der Waals surface area contributed by atoms with E-state index in [4.69, 9.17) is 21.1 Å². The van der Waals surface area contributed by atoms with Gasteiger partial charge in [0.2, 0.25) is 0 Å². The first-order chi connectivity index (χ1) is 17.2. The highest BCUT2D eigenvalue weighted by Gasteiger charge is 2.32. The Balaban J connectivity index is 1.55. The lowest BCUT2D eigenvalue weighted by Crippen LogP contribution is -2.40. The molecule has 0 spiro atoms. The lowest BCUT2D eigenvalue weighted by molar-refractivity contribution is -0.125. The molecule has 14 heteroatoms. The highest BCUT2D eigenvalue weighted by Crippen LogP contribution is 2.36. The zero-order valence-electron chi connectivity index (χ0n) is 20.1. The zero-order valence-corrected chi connectivity index (χ0v) is 21.7. The molecule has 2 heterocycles. The number of sulfonamides is 1. The zero-order chi connectivity index (χ0) is 27.3. The van der Waals surface area contributed by atoms with E-state index in [9.17, 15) is 27.2 Å². The molecule has 1 aliphatic rings. The first kappa shape index (κ1) is 26.4. The quantitative estimate of drug-likeness (QED) is 0.487. The second kappa shape index (κ2) is 9.30. The van der Waals surface area contributed by atoms with Gasteiger partial charge in [-0.2, -0.15) is 9.78 Å². The van der Waals surface area contributed by atoms with E-state index in [-0.39, 0.29) is 15.7 Å². The summed E-state index contributed by atoms with van der Waals surface area (Å²) in [5, 5.41) is 3.39. The largest absolute Gasteiger partial charge is 0.487 e. The van der Waals surface area contributed by atoms with Gasteiger partial charge in [0.1, 0.15) is 29.0 Å². The molecule has 0 saturated heterocycles. The third-order valence-corrected chi connectivity index (χ3v) is 7.20. The monoisotopic (exact) mass is 552 g/mol. The van der Waals surface area contributed by atoms with Crippen LogP contribution < -0.4 is 25.4 Å². The Hall–Kier alpha value is -3.71. The van der Waals surface area contributed by atoms with Crippen LogP contribution in [0.3, 0.4) is 0 Å². The Bertz CT molecular complexity index is 1650. The van der Waals surface area contributed by atoms with Crippen LogP contribution in [0.15, 0.2) is 51.0 Å². The molecule has 4 rings (SSSR count). The van der Waals surface area contributed by atoms with Crippen molar-refractivity contribution in [2.75, 3.05) is 0 Å². The standard InChI is InChI=1S/C23H22ClFN4O7S/c1-12(21(31)27-37(33,34)14-5-6-18-13(7-14)10-23(2,3)36-18)35-19-9-17(16(25)8-15(19)24)29-22(32)28(4)20(30)11-26-29/h5-9,11-12H,10H2,1-4H3,(H,27,31). The van der Waals surface area contributed by atoms with Crippen molar-refractivity contribution in [2.24, 2.45) is 7.05 Å². The number of carbonyl (C=O) groups is 1. The smallest absolute Gasteiger partial charge is 0.352 e. The van der Waals surface area contributed by atoms with Gasteiger partial charge >= 0.3 is 5.69 Å². The SMILES string of the molecule is CC(Oc1cc(-n2ncc(=O)n(C)c2=O)c(F)cc1Cl)C(=O)NS(=O)(=O)c1ccc2c(c1)CC(C)(C)O2. The van der Waals surface area contributed by atoms with Crippen LogP contribution in [-0.2, 0) is 28.3 Å². The summed E-state index contributed by atoms with van der Waals surface area (Å²) in [5.41, 5.74) is -1.81. The minimum Gasteiger partial charge on any atom is -0.487 e. The molecule has 3 aromatic rings. The summed E-state index contributed by atoms with van der Waals surface area (Å²) in [6, 6.07) is 6.13. The molecule has 2 aromatic carbocycles. The summed E-state index contributed by atoms with van der Waals surface area (Å²) in [6.07, 6.45) is -0.0757. The Morgan fingerprint density at radius 1 is 1.27 bits per heavy atom. The third-order valence-electron chi connectivity index (χ3n) is 5.56. The average molecular weight is 553 g/mol. The summed E-state index contributed by atoms with van der Waals surface area (Å²) >= 11 is 6.05. The van der Waals surface area contributed by atoms with E-state index < -0.39 is 50.4 Å². The lowest BCUT2D eigenvalue weighted by Gasteiger charge is -2.17. The minimum atomic E-state index is -4.25. The fraction of sp³-hybridized carbons (Fsp3) is 0.304. The number of ether oxygens (including phenoxy) is 2. The molecule has 1 atom stereocenters. The van der Waals surface area contributed by atoms with E-state index >= 15 is 0 Å². The van der Waals surface area contributed by atoms with Crippen LogP contribution in [0.5, 0.6) is 11.5 Å². The van der Waals surface area contributed by atoms with E-state index in [1.54, 1.807) is 0 Å². The molecule has 1 aromatic heterocycles. The Morgan fingerprint density at radius 3 is 2.68 bits per heavy atom. The van der Waals surface area contributed by atoms with Gasteiger partial charge in [0.25, 0.3) is 21.5 Å². The summed E-state index contributed by atoms with van der Waals surface area (Å²) in [5.74, 6) is -1.62. The summed E-state index contributed by atoms with van der Waals surface area (Å²) in [4.78, 5) is 36.5. The molecule has 11 nitrogen and oxygen atoms in total. The van der Waals surface area contributed by atoms with Gasteiger partial charge in [-0.05, 0) is 50.6 Å². The van der Waals surface area contributed by atoms with Crippen LogP contribution in [-0.4, -0.2) is 40.4 Å². The molecule has 0 bridgehead atoms. The van der Waals surface area contributed by atoms with Crippen LogP contribution in [0.1, 0.15) is 26.3 Å². The van der Waals surface area contributed by atoms with Crippen molar-refractivity contribution in [3.63, 3.8) is 0 Å². The lowest BCUT2D eigenvalue weighted by atomic mass is 10.0. The van der Waals surface area contributed by atoms with E-state index in [0.29, 0.717) is 27.0 Å². The molecule has 0 fully saturated rings. The highest BCUT2D eigenvalue weighted by molar-refractivity contribution is 7.90. The number of rotatable bonds is 6. The second-order valence-corrected chi connectivity index (χ2v) is 11.1. The molecule has 0 saturated carbocycles. The van der Waals surface area contributed by atoms with Crippen LogP contribution in [0.2, 0.25) is 5.02 Å². The molecule has 1 N–H and O–H groups in total. The van der Waals surface area contributed by atoms with E-state index in [1.165, 1.54) is 32.2 Å². The van der Waals surface area contributed by atoms with Crippen molar-refractivity contribution in [3.05, 3.63) is 73.8 Å². The molecular weight excluding hydrogens is 531 g/mol. The maximum absolute atomic E-state index is 14.6. The van der Waals surface area contributed by atoms with Crippen LogP contribution in [0.25, 0.3) is 5.69 Å². The van der Waals surface area contributed by atoms with Gasteiger partial charge in [-0.25, -0.2) is 22.3 Å². The summed E-state index contributed by atoms with van der Waals surface area (Å²) in [7, 11) is -3.06. The molecular formula is C23H22ClFN4O7S. The Kier molecular flexibility index (Phi) is 6.63. The molecule has 1 unspecified atom stereocenters. The van der Waals surface area contributed by atoms with Gasteiger partial charge in [0, 0.05) is 19.5 Å². The van der Waals surface area contributed by atoms with Crippen molar-refractivity contribution in [2.45, 2.75) is 43.8 Å². The normalized spacial score (nSPS) is 15.0. The number of hydrogen-bond acceptors (Lipinski definition) is 8. The fourth-order valence-corrected chi connectivity index (χ4v) is 4.98. The predicted octanol–water partition coefficient (Wildman–Crippen LogP) is 1.71. The first-order valence-corrected chi connectivity index (χ1v) is 12.7. The summed E-state index contributed by atoms with van der Waals surface area (Å²) < 4.78 is 54.8. The number of benzene rings is 2. The van der Waals surface area contributed by atoms with E-state index in [1.807, 2.05) is 18.6 Å². The van der Waals surface area contributed by atoms with Gasteiger partial charge in [-0.3, -0.25) is 14.2 Å². The minimum absolute atomic E-state index is 0.129. The molecule has 0 aliphatic carbocycles. The number of aromatic nitrogens is 3. The average Bonchev–Trinajstić information content (AvgIpc) is 3.12. The Morgan fingerprint density at radius 2 is 1.97 bits per heavy atom.